The normalized spacial score (nSPS) is 19.1. The van der Waals surface area contributed by atoms with Crippen molar-refractivity contribution < 1.29 is 28.6 Å². The molecule has 0 fully saturated rings. The summed E-state index contributed by atoms with van der Waals surface area (Å²) in [7, 11) is 0. The summed E-state index contributed by atoms with van der Waals surface area (Å²) in [4.78, 5) is 40.3. The van der Waals surface area contributed by atoms with E-state index >= 15 is 0 Å². The summed E-state index contributed by atoms with van der Waals surface area (Å²) in [6, 6.07) is 14.2. The van der Waals surface area contributed by atoms with Crippen LogP contribution in [0.3, 0.4) is 0 Å². The van der Waals surface area contributed by atoms with E-state index in [2.05, 4.69) is 21.2 Å². The Bertz CT molecular complexity index is 1250. The van der Waals surface area contributed by atoms with E-state index in [4.69, 9.17) is 19.9 Å². The number of nitrogens with two attached hydrogens (primary N) is 1. The summed E-state index contributed by atoms with van der Waals surface area (Å²) >= 11 is 3.41. The zero-order chi connectivity index (χ0) is 24.6. The molecule has 3 N–H and O–H groups in total. The summed E-state index contributed by atoms with van der Waals surface area (Å²) < 4.78 is 17.1. The van der Waals surface area contributed by atoms with Gasteiger partial charge in [-0.3, -0.25) is 0 Å². The third-order valence-corrected chi connectivity index (χ3v) is 6.04. The lowest BCUT2D eigenvalue weighted by Gasteiger charge is -2.36. The molecule has 0 saturated carbocycles. The molecule has 8 nitrogen and oxygen atoms in total. The zero-order valence-corrected chi connectivity index (χ0v) is 20.4. The predicted octanol–water partition coefficient (Wildman–Crippen LogP) is 3.81. The first-order valence-electron chi connectivity index (χ1n) is 10.6. The van der Waals surface area contributed by atoms with Crippen molar-refractivity contribution in [2.24, 2.45) is 5.73 Å². The van der Waals surface area contributed by atoms with Gasteiger partial charge in [-0.1, -0.05) is 46.3 Å². The number of halogens is 1. The number of carbonyl (C=O) groups is 3. The number of nitrogens with one attached hydrogen (secondary N) is 1. The maximum Gasteiger partial charge on any atom is 0.339 e. The van der Waals surface area contributed by atoms with Crippen LogP contribution in [-0.2, 0) is 40.6 Å². The molecule has 0 bridgehead atoms. The van der Waals surface area contributed by atoms with Gasteiger partial charge in [-0.2, -0.15) is 0 Å². The van der Waals surface area contributed by atoms with Crippen LogP contribution in [0.1, 0.15) is 31.9 Å². The van der Waals surface area contributed by atoms with E-state index in [0.29, 0.717) is 15.7 Å². The molecule has 4 rings (SSSR count). The van der Waals surface area contributed by atoms with Gasteiger partial charge >= 0.3 is 17.9 Å². The molecule has 0 aromatic heterocycles. The van der Waals surface area contributed by atoms with Crippen molar-refractivity contribution in [3.63, 3.8) is 0 Å². The molecule has 0 radical (unpaired) electrons. The molecule has 2 heterocycles. The molecule has 2 aromatic rings. The van der Waals surface area contributed by atoms with Gasteiger partial charge in [-0.25, -0.2) is 14.4 Å². The number of rotatable bonds is 5. The number of hydrogen-bond donors (Lipinski definition) is 2. The molecule has 2 aliphatic rings. The van der Waals surface area contributed by atoms with Gasteiger partial charge in [0, 0.05) is 15.7 Å². The molecule has 9 heteroatoms. The van der Waals surface area contributed by atoms with Gasteiger partial charge < -0.3 is 25.3 Å². The minimum atomic E-state index is -1.96. The highest BCUT2D eigenvalue weighted by atomic mass is 79.9. The number of ether oxygens (including phenoxy) is 3. The number of esters is 3. The average molecular weight is 527 g/mol. The Hall–Kier alpha value is -3.59. The largest absolute Gasteiger partial charge is 0.459 e. The maximum atomic E-state index is 13.6. The van der Waals surface area contributed by atoms with Crippen LogP contribution >= 0.6 is 15.9 Å². The number of benzene rings is 2. The minimum Gasteiger partial charge on any atom is -0.459 e. The molecule has 0 saturated heterocycles. The summed E-state index contributed by atoms with van der Waals surface area (Å²) in [5, 5.41) is 2.95. The first-order chi connectivity index (χ1) is 16.2. The highest BCUT2D eigenvalue weighted by Gasteiger charge is 2.63. The van der Waals surface area contributed by atoms with Crippen molar-refractivity contribution >= 4 is 39.5 Å². The molecule has 2 aromatic carbocycles. The Labute approximate surface area is 204 Å². The Morgan fingerprint density at radius 3 is 2.50 bits per heavy atom. The van der Waals surface area contributed by atoms with Gasteiger partial charge in [-0.05, 0) is 44.5 Å². The smallest absolute Gasteiger partial charge is 0.339 e. The summed E-state index contributed by atoms with van der Waals surface area (Å²) in [6.45, 7) is 4.79. The van der Waals surface area contributed by atoms with E-state index in [-0.39, 0.29) is 29.3 Å². The highest BCUT2D eigenvalue weighted by Crippen LogP contribution is 2.53. The van der Waals surface area contributed by atoms with E-state index in [1.807, 2.05) is 18.2 Å². The SMILES string of the molecule is CC1=C(C(=O)OCc2ccccc2)C2(C(=O)O1)C(C(=O)OC(C)C)=C(N)Nc1ccc(Br)cc12. The van der Waals surface area contributed by atoms with Crippen LogP contribution in [0, 0.1) is 0 Å². The lowest BCUT2D eigenvalue weighted by atomic mass is 9.67. The number of hydrogen-bond acceptors (Lipinski definition) is 8. The van der Waals surface area contributed by atoms with Crippen molar-refractivity contribution in [1.29, 1.82) is 0 Å². The van der Waals surface area contributed by atoms with Crippen molar-refractivity contribution in [3.05, 3.63) is 86.9 Å². The maximum absolute atomic E-state index is 13.6. The monoisotopic (exact) mass is 526 g/mol. The molecular weight excluding hydrogens is 504 g/mol. The lowest BCUT2D eigenvalue weighted by molar-refractivity contribution is -0.149. The fourth-order valence-corrected chi connectivity index (χ4v) is 4.57. The fourth-order valence-electron chi connectivity index (χ4n) is 4.21. The van der Waals surface area contributed by atoms with Gasteiger partial charge in [0.2, 0.25) is 0 Å². The number of allylic oxidation sites excluding steroid dienone is 1. The van der Waals surface area contributed by atoms with E-state index < -0.39 is 29.4 Å². The van der Waals surface area contributed by atoms with E-state index in [0.717, 1.165) is 5.56 Å². The molecule has 0 amide bonds. The lowest BCUT2D eigenvalue weighted by Crippen LogP contribution is -2.48. The van der Waals surface area contributed by atoms with Gasteiger partial charge in [0.15, 0.2) is 5.41 Å². The van der Waals surface area contributed by atoms with Crippen molar-refractivity contribution in [3.8, 4) is 0 Å². The molecule has 0 aliphatic carbocycles. The summed E-state index contributed by atoms with van der Waals surface area (Å²) in [5.74, 6) is -2.57. The topological polar surface area (TPSA) is 117 Å². The minimum absolute atomic E-state index is 0.0264. The van der Waals surface area contributed by atoms with Gasteiger partial charge in [0.25, 0.3) is 0 Å². The molecule has 2 aliphatic heterocycles. The second-order valence-electron chi connectivity index (χ2n) is 8.19. The summed E-state index contributed by atoms with van der Waals surface area (Å²) in [5.41, 5.74) is 5.50. The van der Waals surface area contributed by atoms with Crippen LogP contribution in [0.4, 0.5) is 5.69 Å². The van der Waals surface area contributed by atoms with Crippen molar-refractivity contribution in [2.45, 2.75) is 38.9 Å². The fraction of sp³-hybridized carbons (Fsp3) is 0.240. The van der Waals surface area contributed by atoms with E-state index in [9.17, 15) is 14.4 Å². The molecule has 1 unspecified atom stereocenters. The van der Waals surface area contributed by atoms with Gasteiger partial charge in [0.1, 0.15) is 29.3 Å². The number of carbonyl (C=O) groups excluding carboxylic acids is 3. The second-order valence-corrected chi connectivity index (χ2v) is 9.11. The van der Waals surface area contributed by atoms with Crippen LogP contribution < -0.4 is 11.1 Å². The number of cyclic esters (lactones) is 1. The van der Waals surface area contributed by atoms with Crippen molar-refractivity contribution in [2.75, 3.05) is 5.32 Å². The molecule has 176 valence electrons. The van der Waals surface area contributed by atoms with Crippen molar-refractivity contribution in [1.82, 2.24) is 0 Å². The number of fused-ring (bicyclic) bond motifs is 2. The van der Waals surface area contributed by atoms with E-state index in [1.165, 1.54) is 6.92 Å². The quantitative estimate of drug-likeness (QED) is 0.446. The third kappa shape index (κ3) is 3.86. The van der Waals surface area contributed by atoms with E-state index in [1.54, 1.807) is 44.2 Å². The van der Waals surface area contributed by atoms with Gasteiger partial charge in [0.05, 0.1) is 6.10 Å². The predicted molar refractivity (Wildman–Crippen MR) is 127 cm³/mol. The van der Waals surface area contributed by atoms with Crippen LogP contribution in [0.15, 0.2) is 75.7 Å². The Balaban J connectivity index is 1.89. The Morgan fingerprint density at radius 2 is 1.82 bits per heavy atom. The van der Waals surface area contributed by atoms with Crippen LogP contribution in [0.5, 0.6) is 0 Å². The standard InChI is InChI=1S/C25H23BrN2O6/c1-13(2)33-23(30)20-21(27)28-18-10-9-16(26)11-17(18)25(20)19(14(3)34-24(25)31)22(29)32-12-15-7-5-4-6-8-15/h4-11,13,28H,12,27H2,1-3H3. The highest BCUT2D eigenvalue weighted by molar-refractivity contribution is 9.10. The molecule has 34 heavy (non-hydrogen) atoms. The Kier molecular flexibility index (Phi) is 6.22. The zero-order valence-electron chi connectivity index (χ0n) is 18.8. The first-order valence-corrected chi connectivity index (χ1v) is 11.4. The summed E-state index contributed by atoms with van der Waals surface area (Å²) in [6.07, 6.45) is -0.496. The van der Waals surface area contributed by atoms with Crippen LogP contribution in [0.25, 0.3) is 0 Å². The Morgan fingerprint density at radius 1 is 1.12 bits per heavy atom. The molecule has 1 atom stereocenters. The third-order valence-electron chi connectivity index (χ3n) is 5.54. The number of anilines is 1. The van der Waals surface area contributed by atoms with Crippen LogP contribution in [0.2, 0.25) is 0 Å². The first kappa shape index (κ1) is 23.6. The second kappa shape index (κ2) is 8.98. The molecular formula is C25H23BrN2O6. The van der Waals surface area contributed by atoms with Gasteiger partial charge in [-0.15, -0.1) is 0 Å². The molecule has 1 spiro atoms. The average Bonchev–Trinajstić information content (AvgIpc) is 3.03. The van der Waals surface area contributed by atoms with Crippen LogP contribution in [-0.4, -0.2) is 24.0 Å².